The Kier molecular flexibility index (Phi) is 5.15. The van der Waals surface area contributed by atoms with E-state index in [1.165, 1.54) is 13.0 Å². The van der Waals surface area contributed by atoms with Gasteiger partial charge in [0, 0.05) is 22.2 Å². The Balaban J connectivity index is 2.01. The Labute approximate surface area is 178 Å². The number of aromatic nitrogens is 3. The van der Waals surface area contributed by atoms with Gasteiger partial charge in [0.25, 0.3) is 5.91 Å². The zero-order valence-electron chi connectivity index (χ0n) is 16.5. The van der Waals surface area contributed by atoms with E-state index in [-0.39, 0.29) is 28.0 Å². The fraction of sp³-hybridized carbons (Fsp3) is 0.136. The number of carbonyl (C=O) groups excluding carboxylic acids is 1. The molecule has 0 bridgehead atoms. The van der Waals surface area contributed by atoms with Crippen molar-refractivity contribution in [3.05, 3.63) is 82.8 Å². The van der Waals surface area contributed by atoms with Crippen molar-refractivity contribution in [2.45, 2.75) is 19.6 Å². The second-order valence-corrected chi connectivity index (χ2v) is 7.10. The van der Waals surface area contributed by atoms with Crippen LogP contribution in [0, 0.1) is 18.6 Å². The maximum absolute atomic E-state index is 14.1. The summed E-state index contributed by atoms with van der Waals surface area (Å²) in [6.07, 6.45) is -4.88. The van der Waals surface area contributed by atoms with Crippen LogP contribution in [0.5, 0.6) is 0 Å². The van der Waals surface area contributed by atoms with Gasteiger partial charge in [0.05, 0.1) is 12.1 Å². The van der Waals surface area contributed by atoms with Crippen molar-refractivity contribution >= 4 is 16.8 Å². The van der Waals surface area contributed by atoms with E-state index in [1.807, 2.05) is 0 Å². The van der Waals surface area contributed by atoms with Gasteiger partial charge in [-0.25, -0.2) is 13.8 Å². The second-order valence-electron chi connectivity index (χ2n) is 7.10. The third-order valence-corrected chi connectivity index (χ3v) is 5.08. The molecule has 4 rings (SSSR count). The Hall–Kier alpha value is -3.82. The van der Waals surface area contributed by atoms with Gasteiger partial charge in [0.15, 0.2) is 5.69 Å². The highest BCUT2D eigenvalue weighted by molar-refractivity contribution is 6.01. The number of hydrogen-bond acceptors (Lipinski definition) is 3. The second kappa shape index (κ2) is 7.70. The standard InChI is InChI=1S/C22H15F5N4O/c1-11-19(13-9-18(21(28)32)29-17-8-3-2-5-12(13)17)20(22(25,26)27)30-31(11)10-14-15(23)6-4-7-16(14)24/h2-9H,10H2,1H3,(H2,28,32). The number of fused-ring (bicyclic) bond motifs is 1. The van der Waals surface area contributed by atoms with Crippen LogP contribution in [0.25, 0.3) is 22.0 Å². The fourth-order valence-corrected chi connectivity index (χ4v) is 3.56. The summed E-state index contributed by atoms with van der Waals surface area (Å²) >= 11 is 0. The molecule has 2 aromatic heterocycles. The quantitative estimate of drug-likeness (QED) is 0.456. The smallest absolute Gasteiger partial charge is 0.364 e. The van der Waals surface area contributed by atoms with Crippen molar-refractivity contribution in [3.63, 3.8) is 0 Å². The lowest BCUT2D eigenvalue weighted by atomic mass is 9.97. The molecule has 0 saturated heterocycles. The number of hydrogen-bond donors (Lipinski definition) is 1. The van der Waals surface area contributed by atoms with Crippen molar-refractivity contribution in [2.75, 3.05) is 0 Å². The molecule has 10 heteroatoms. The van der Waals surface area contributed by atoms with Crippen LogP contribution >= 0.6 is 0 Å². The van der Waals surface area contributed by atoms with E-state index in [9.17, 15) is 26.7 Å². The van der Waals surface area contributed by atoms with Crippen molar-refractivity contribution in [3.8, 4) is 11.1 Å². The van der Waals surface area contributed by atoms with Gasteiger partial charge in [-0.1, -0.05) is 24.3 Å². The number of pyridine rings is 1. The number of primary amides is 1. The summed E-state index contributed by atoms with van der Waals surface area (Å²) < 4.78 is 71.0. The molecule has 0 aliphatic heterocycles. The molecule has 0 atom stereocenters. The highest BCUT2D eigenvalue weighted by Gasteiger charge is 2.39. The van der Waals surface area contributed by atoms with Crippen molar-refractivity contribution in [1.29, 1.82) is 0 Å². The van der Waals surface area contributed by atoms with Crippen LogP contribution in [0.15, 0.2) is 48.5 Å². The molecule has 0 aliphatic carbocycles. The van der Waals surface area contributed by atoms with E-state index in [0.717, 1.165) is 28.9 Å². The van der Waals surface area contributed by atoms with E-state index in [2.05, 4.69) is 10.1 Å². The first-order valence-electron chi connectivity index (χ1n) is 9.35. The van der Waals surface area contributed by atoms with Crippen LogP contribution in [-0.2, 0) is 12.7 Å². The lowest BCUT2D eigenvalue weighted by Gasteiger charge is -2.12. The molecule has 0 aliphatic rings. The predicted octanol–water partition coefficient (Wildman–Crippen LogP) is 4.85. The van der Waals surface area contributed by atoms with E-state index in [0.29, 0.717) is 5.39 Å². The van der Waals surface area contributed by atoms with Crippen LogP contribution in [0.2, 0.25) is 0 Å². The number of halogens is 5. The SMILES string of the molecule is Cc1c(-c2cc(C(N)=O)nc3ccccc23)c(C(F)(F)F)nn1Cc1c(F)cccc1F. The normalized spacial score (nSPS) is 11.8. The van der Waals surface area contributed by atoms with Gasteiger partial charge in [0.1, 0.15) is 17.3 Å². The maximum atomic E-state index is 14.1. The van der Waals surface area contributed by atoms with Gasteiger partial charge in [-0.3, -0.25) is 9.48 Å². The molecule has 164 valence electrons. The summed E-state index contributed by atoms with van der Waals surface area (Å²) in [6, 6.07) is 10.7. The van der Waals surface area contributed by atoms with Crippen LogP contribution < -0.4 is 5.73 Å². The first kappa shape index (κ1) is 21.4. The topological polar surface area (TPSA) is 73.8 Å². The summed E-state index contributed by atoms with van der Waals surface area (Å²) in [5.41, 5.74) is 3.41. The number of alkyl halides is 3. The van der Waals surface area contributed by atoms with Crippen LogP contribution in [0.4, 0.5) is 22.0 Å². The third-order valence-electron chi connectivity index (χ3n) is 5.08. The van der Waals surface area contributed by atoms with E-state index in [4.69, 9.17) is 5.73 Å². The maximum Gasteiger partial charge on any atom is 0.435 e. The Bertz CT molecular complexity index is 1340. The van der Waals surface area contributed by atoms with E-state index >= 15 is 0 Å². The minimum Gasteiger partial charge on any atom is -0.364 e. The highest BCUT2D eigenvalue weighted by Crippen LogP contribution is 2.41. The molecule has 2 N–H and O–H groups in total. The Morgan fingerprint density at radius 2 is 1.72 bits per heavy atom. The molecule has 5 nitrogen and oxygen atoms in total. The number of amides is 1. The summed E-state index contributed by atoms with van der Waals surface area (Å²) in [4.78, 5) is 15.8. The first-order valence-corrected chi connectivity index (χ1v) is 9.35. The largest absolute Gasteiger partial charge is 0.435 e. The monoisotopic (exact) mass is 446 g/mol. The van der Waals surface area contributed by atoms with Crippen molar-refractivity contribution in [2.24, 2.45) is 5.73 Å². The molecule has 0 unspecified atom stereocenters. The average Bonchev–Trinajstić information content (AvgIpc) is 3.06. The van der Waals surface area contributed by atoms with E-state index < -0.39 is 41.5 Å². The van der Waals surface area contributed by atoms with Gasteiger partial charge >= 0.3 is 6.18 Å². The lowest BCUT2D eigenvalue weighted by Crippen LogP contribution is -2.14. The molecule has 1 amide bonds. The zero-order chi connectivity index (χ0) is 23.2. The first-order chi connectivity index (χ1) is 15.1. The van der Waals surface area contributed by atoms with Gasteiger partial charge in [0.2, 0.25) is 0 Å². The summed E-state index contributed by atoms with van der Waals surface area (Å²) in [5, 5.41) is 3.97. The number of benzene rings is 2. The Morgan fingerprint density at radius 3 is 2.34 bits per heavy atom. The molecular weight excluding hydrogens is 431 g/mol. The van der Waals surface area contributed by atoms with Crippen molar-refractivity contribution in [1.82, 2.24) is 14.8 Å². The molecule has 0 saturated carbocycles. The number of rotatable bonds is 4. The summed E-state index contributed by atoms with van der Waals surface area (Å²) in [7, 11) is 0. The Morgan fingerprint density at radius 1 is 1.06 bits per heavy atom. The van der Waals surface area contributed by atoms with E-state index in [1.54, 1.807) is 18.2 Å². The minimum absolute atomic E-state index is 0.00625. The fourth-order valence-electron chi connectivity index (χ4n) is 3.56. The van der Waals surface area contributed by atoms with Gasteiger partial charge in [-0.05, 0) is 36.8 Å². The molecule has 32 heavy (non-hydrogen) atoms. The van der Waals surface area contributed by atoms with Gasteiger partial charge < -0.3 is 5.73 Å². The zero-order valence-corrected chi connectivity index (χ0v) is 16.5. The number of nitrogens with two attached hydrogens (primary N) is 1. The molecule has 2 heterocycles. The molecular formula is C22H15F5N4O. The molecule has 0 radical (unpaired) electrons. The average molecular weight is 446 g/mol. The van der Waals surface area contributed by atoms with Gasteiger partial charge in [-0.15, -0.1) is 0 Å². The number of carbonyl (C=O) groups is 1. The molecule has 4 aromatic rings. The summed E-state index contributed by atoms with van der Waals surface area (Å²) in [5.74, 6) is -2.72. The molecule has 0 fully saturated rings. The third kappa shape index (κ3) is 3.68. The lowest BCUT2D eigenvalue weighted by molar-refractivity contribution is -0.141. The summed E-state index contributed by atoms with van der Waals surface area (Å²) in [6.45, 7) is 0.800. The number of para-hydroxylation sites is 1. The van der Waals surface area contributed by atoms with Crippen LogP contribution in [0.3, 0.4) is 0 Å². The van der Waals surface area contributed by atoms with Crippen molar-refractivity contribution < 1.29 is 26.7 Å². The van der Waals surface area contributed by atoms with Gasteiger partial charge in [-0.2, -0.15) is 18.3 Å². The number of nitrogens with zero attached hydrogens (tertiary/aromatic N) is 3. The molecule has 0 spiro atoms. The molecule has 2 aromatic carbocycles. The predicted molar refractivity (Wildman–Crippen MR) is 107 cm³/mol. The minimum atomic E-state index is -4.88. The van der Waals surface area contributed by atoms with Crippen LogP contribution in [0.1, 0.15) is 27.4 Å². The highest BCUT2D eigenvalue weighted by atomic mass is 19.4. The van der Waals surface area contributed by atoms with Crippen LogP contribution in [-0.4, -0.2) is 20.7 Å².